The summed E-state index contributed by atoms with van der Waals surface area (Å²) in [6, 6.07) is 0.279. The Bertz CT molecular complexity index is 270. The van der Waals surface area contributed by atoms with Gasteiger partial charge in [0, 0.05) is 24.3 Å². The van der Waals surface area contributed by atoms with Crippen LogP contribution >= 0.6 is 0 Å². The number of rotatable bonds is 2. The lowest BCUT2D eigenvalue weighted by molar-refractivity contribution is -0.131. The van der Waals surface area contributed by atoms with Gasteiger partial charge in [0.2, 0.25) is 5.91 Å². The van der Waals surface area contributed by atoms with Crippen LogP contribution in [0, 0.1) is 11.3 Å². The van der Waals surface area contributed by atoms with E-state index in [2.05, 4.69) is 5.32 Å². The molecule has 3 nitrogen and oxygen atoms in total. The Hall–Kier alpha value is -0.860. The molecule has 1 aliphatic carbocycles. The number of ketones is 1. The quantitative estimate of drug-likeness (QED) is 0.783. The van der Waals surface area contributed by atoms with Gasteiger partial charge >= 0.3 is 0 Å². The van der Waals surface area contributed by atoms with E-state index >= 15 is 0 Å². The summed E-state index contributed by atoms with van der Waals surface area (Å²) < 4.78 is 0. The highest BCUT2D eigenvalue weighted by Crippen LogP contribution is 2.31. The summed E-state index contributed by atoms with van der Waals surface area (Å²) >= 11 is 0. The van der Waals surface area contributed by atoms with Crippen molar-refractivity contribution < 1.29 is 9.59 Å². The lowest BCUT2D eigenvalue weighted by Gasteiger charge is -2.31. The second-order valence-electron chi connectivity index (χ2n) is 5.86. The van der Waals surface area contributed by atoms with Crippen molar-refractivity contribution in [3.63, 3.8) is 0 Å². The van der Waals surface area contributed by atoms with Crippen molar-refractivity contribution in [3.8, 4) is 0 Å². The van der Waals surface area contributed by atoms with E-state index < -0.39 is 0 Å². The Kier molecular flexibility index (Phi) is 4.11. The van der Waals surface area contributed by atoms with E-state index in [1.54, 1.807) is 6.92 Å². The number of hydrogen-bond acceptors (Lipinski definition) is 2. The molecular weight excluding hydrogens is 202 g/mol. The number of amides is 1. The highest BCUT2D eigenvalue weighted by molar-refractivity contribution is 5.86. The third kappa shape index (κ3) is 3.62. The molecule has 0 heterocycles. The predicted molar refractivity (Wildman–Crippen MR) is 64.0 cm³/mol. The minimum atomic E-state index is -0.231. The van der Waals surface area contributed by atoms with Crippen LogP contribution in [0.15, 0.2) is 0 Å². The molecule has 0 saturated heterocycles. The minimum Gasteiger partial charge on any atom is -0.354 e. The van der Waals surface area contributed by atoms with Gasteiger partial charge in [-0.15, -0.1) is 0 Å². The molecule has 0 aromatic carbocycles. The summed E-state index contributed by atoms with van der Waals surface area (Å²) in [5.74, 6) is 0.601. The number of carbonyl (C=O) groups excluding carboxylic acids is 2. The molecule has 0 spiro atoms. The second-order valence-corrected chi connectivity index (χ2v) is 5.86. The molecule has 92 valence electrons. The Balaban J connectivity index is 2.43. The van der Waals surface area contributed by atoms with Gasteiger partial charge in [0.05, 0.1) is 0 Å². The van der Waals surface area contributed by atoms with E-state index in [9.17, 15) is 9.59 Å². The van der Waals surface area contributed by atoms with Crippen LogP contribution in [0.2, 0.25) is 0 Å². The molecule has 0 radical (unpaired) electrons. The van der Waals surface area contributed by atoms with E-state index in [4.69, 9.17) is 0 Å². The zero-order chi connectivity index (χ0) is 12.3. The molecule has 0 unspecified atom stereocenters. The molecule has 3 heteroatoms. The van der Waals surface area contributed by atoms with Crippen LogP contribution in [0.3, 0.4) is 0 Å². The maximum Gasteiger partial charge on any atom is 0.217 e. The first-order chi connectivity index (χ1) is 7.30. The Morgan fingerprint density at radius 1 is 1.06 bits per heavy atom. The van der Waals surface area contributed by atoms with Crippen molar-refractivity contribution >= 4 is 11.7 Å². The molecule has 1 saturated carbocycles. The predicted octanol–water partition coefficient (Wildman–Crippen LogP) is 2.30. The highest BCUT2D eigenvalue weighted by Gasteiger charge is 2.32. The first kappa shape index (κ1) is 13.2. The van der Waals surface area contributed by atoms with Crippen LogP contribution in [0.4, 0.5) is 0 Å². The summed E-state index contributed by atoms with van der Waals surface area (Å²) in [4.78, 5) is 23.0. The molecule has 0 bridgehead atoms. The maximum absolute atomic E-state index is 12.1. The lowest BCUT2D eigenvalue weighted by Crippen LogP contribution is -2.39. The molecular formula is C13H23NO2. The van der Waals surface area contributed by atoms with Gasteiger partial charge in [-0.3, -0.25) is 9.59 Å². The Morgan fingerprint density at radius 2 is 1.56 bits per heavy atom. The van der Waals surface area contributed by atoms with E-state index in [0.29, 0.717) is 5.78 Å². The summed E-state index contributed by atoms with van der Waals surface area (Å²) in [7, 11) is 0. The summed E-state index contributed by atoms with van der Waals surface area (Å²) in [5, 5.41) is 2.93. The summed E-state index contributed by atoms with van der Waals surface area (Å²) in [5.41, 5.74) is -0.231. The van der Waals surface area contributed by atoms with Crippen LogP contribution in [0.1, 0.15) is 53.4 Å². The van der Waals surface area contributed by atoms with Crippen LogP contribution < -0.4 is 5.32 Å². The minimum absolute atomic E-state index is 0.0330. The SMILES string of the molecule is CC(=O)NC1CCC(C(=O)C(C)(C)C)CC1. The molecule has 0 aromatic heterocycles. The van der Waals surface area contributed by atoms with Crippen LogP contribution in [-0.2, 0) is 9.59 Å². The second kappa shape index (κ2) is 4.98. The normalized spacial score (nSPS) is 26.2. The number of Topliss-reactive ketones (excluding diaryl/α,β-unsaturated/α-hetero) is 1. The first-order valence-electron chi connectivity index (χ1n) is 6.12. The number of nitrogens with one attached hydrogen (secondary N) is 1. The average Bonchev–Trinajstić information content (AvgIpc) is 2.15. The molecule has 16 heavy (non-hydrogen) atoms. The van der Waals surface area contributed by atoms with Crippen molar-refractivity contribution in [1.29, 1.82) is 0 Å². The molecule has 1 N–H and O–H groups in total. The standard InChI is InChI=1S/C13H23NO2/c1-9(15)14-11-7-5-10(6-8-11)12(16)13(2,3)4/h10-11H,5-8H2,1-4H3,(H,14,15). The van der Waals surface area contributed by atoms with Gasteiger partial charge in [0.15, 0.2) is 0 Å². The number of carbonyl (C=O) groups is 2. The van der Waals surface area contributed by atoms with Crippen molar-refractivity contribution in [1.82, 2.24) is 5.32 Å². The fourth-order valence-electron chi connectivity index (χ4n) is 2.40. The zero-order valence-electron chi connectivity index (χ0n) is 10.8. The van der Waals surface area contributed by atoms with Gasteiger partial charge in [0.25, 0.3) is 0 Å². The van der Waals surface area contributed by atoms with Gasteiger partial charge < -0.3 is 5.32 Å². The molecule has 0 aliphatic heterocycles. The van der Waals surface area contributed by atoms with Gasteiger partial charge in [-0.25, -0.2) is 0 Å². The van der Waals surface area contributed by atoms with Crippen molar-refractivity contribution in [2.24, 2.45) is 11.3 Å². The Labute approximate surface area is 98.0 Å². The van der Waals surface area contributed by atoms with Crippen molar-refractivity contribution in [2.45, 2.75) is 59.4 Å². The van der Waals surface area contributed by atoms with Gasteiger partial charge in [-0.2, -0.15) is 0 Å². The molecule has 0 atom stereocenters. The monoisotopic (exact) mass is 225 g/mol. The highest BCUT2D eigenvalue weighted by atomic mass is 16.1. The summed E-state index contributed by atoms with van der Waals surface area (Å²) in [6.45, 7) is 7.49. The Morgan fingerprint density at radius 3 is 1.94 bits per heavy atom. The molecule has 1 aliphatic rings. The lowest BCUT2D eigenvalue weighted by atomic mass is 9.75. The average molecular weight is 225 g/mol. The fourth-order valence-corrected chi connectivity index (χ4v) is 2.40. The van der Waals surface area contributed by atoms with Crippen LogP contribution in [0.5, 0.6) is 0 Å². The van der Waals surface area contributed by atoms with E-state index in [1.807, 2.05) is 20.8 Å². The summed E-state index contributed by atoms with van der Waals surface area (Å²) in [6.07, 6.45) is 3.71. The third-order valence-corrected chi connectivity index (χ3v) is 3.24. The third-order valence-electron chi connectivity index (χ3n) is 3.24. The fraction of sp³-hybridized carbons (Fsp3) is 0.846. The largest absolute Gasteiger partial charge is 0.354 e. The zero-order valence-corrected chi connectivity index (χ0v) is 10.8. The van der Waals surface area contributed by atoms with Crippen LogP contribution in [0.25, 0.3) is 0 Å². The topological polar surface area (TPSA) is 46.2 Å². The van der Waals surface area contributed by atoms with E-state index in [1.165, 1.54) is 0 Å². The van der Waals surface area contributed by atoms with Gasteiger partial charge in [0.1, 0.15) is 5.78 Å². The van der Waals surface area contributed by atoms with Gasteiger partial charge in [-0.05, 0) is 25.7 Å². The van der Waals surface area contributed by atoms with E-state index in [-0.39, 0.29) is 23.3 Å². The van der Waals surface area contributed by atoms with E-state index in [0.717, 1.165) is 25.7 Å². The smallest absolute Gasteiger partial charge is 0.217 e. The van der Waals surface area contributed by atoms with Crippen molar-refractivity contribution in [2.75, 3.05) is 0 Å². The van der Waals surface area contributed by atoms with Crippen molar-refractivity contribution in [3.05, 3.63) is 0 Å². The van der Waals surface area contributed by atoms with Crippen LogP contribution in [-0.4, -0.2) is 17.7 Å². The van der Waals surface area contributed by atoms with Gasteiger partial charge in [-0.1, -0.05) is 20.8 Å². The molecule has 0 aromatic rings. The first-order valence-corrected chi connectivity index (χ1v) is 6.12. The molecule has 1 rings (SSSR count). The maximum atomic E-state index is 12.1. The molecule has 1 fully saturated rings. The number of hydrogen-bond donors (Lipinski definition) is 1. The molecule has 1 amide bonds.